The highest BCUT2D eigenvalue weighted by Crippen LogP contribution is 2.49. The Morgan fingerprint density at radius 3 is 0.762 bits per heavy atom. The van der Waals surface area contributed by atoms with E-state index < -0.39 is 0 Å². The van der Waals surface area contributed by atoms with Gasteiger partial charge in [-0.25, -0.2) is 0 Å². The van der Waals surface area contributed by atoms with E-state index in [1.165, 1.54) is 93.5 Å². The van der Waals surface area contributed by atoms with Gasteiger partial charge in [-0.15, -0.1) is 0 Å². The zero-order valence-electron chi connectivity index (χ0n) is 44.1. The van der Waals surface area contributed by atoms with Crippen LogP contribution in [0.5, 0.6) is 0 Å². The number of hydrogen-bond acceptors (Lipinski definition) is 2. The molecule has 0 spiro atoms. The fraction of sp³-hybridized carbons (Fsp3) is 0. The fourth-order valence-electron chi connectivity index (χ4n) is 11.7. The molecular formula is C78H54N2. The molecule has 0 aliphatic rings. The second-order valence-electron chi connectivity index (χ2n) is 20.5. The highest BCUT2D eigenvalue weighted by Gasteiger charge is 2.23. The van der Waals surface area contributed by atoms with Crippen molar-refractivity contribution < 1.29 is 0 Å². The van der Waals surface area contributed by atoms with Crippen LogP contribution in [0.1, 0.15) is 0 Å². The molecule has 80 heavy (non-hydrogen) atoms. The Morgan fingerprint density at radius 1 is 0.150 bits per heavy atom. The third kappa shape index (κ3) is 9.25. The minimum absolute atomic E-state index is 1.07. The lowest BCUT2D eigenvalue weighted by Crippen LogP contribution is -2.10. The average molecular weight is 1020 g/mol. The standard InChI is InChI=1S/C78H54N2/c1-6-18-55(19-7-1)60-32-40-67(41-33-60)79(68-42-34-61(35-43-68)56-20-8-2-9-21-56)71-49-51-74-75(53-71)77(64-27-14-5-15-28-64)73-50-48-72(54-76(73)78(74)66-31-30-59-26-16-17-29-65(59)52-66)80(69-44-36-62(37-45-69)57-22-10-3-11-23-57)70-46-38-63(39-47-70)58-24-12-4-13-25-58/h1-54H. The molecule has 2 heteroatoms. The molecule has 0 amide bonds. The molecule has 14 aromatic rings. The van der Waals surface area contributed by atoms with Crippen molar-refractivity contribution in [1.82, 2.24) is 0 Å². The van der Waals surface area contributed by atoms with Crippen molar-refractivity contribution in [3.05, 3.63) is 328 Å². The monoisotopic (exact) mass is 1020 g/mol. The topological polar surface area (TPSA) is 6.48 Å². The lowest BCUT2D eigenvalue weighted by atomic mass is 9.85. The number of hydrogen-bond donors (Lipinski definition) is 0. The number of anilines is 6. The van der Waals surface area contributed by atoms with Crippen LogP contribution in [0.4, 0.5) is 34.1 Å². The summed E-state index contributed by atoms with van der Waals surface area (Å²) in [6.07, 6.45) is 0. The maximum atomic E-state index is 2.44. The molecule has 0 aromatic heterocycles. The first-order valence-electron chi connectivity index (χ1n) is 27.5. The molecule has 376 valence electrons. The SMILES string of the molecule is c1ccc(-c2ccc(N(c3ccc(-c4ccccc4)cc3)c3ccc4c(-c5ccc6ccccc6c5)c5cc(N(c6ccc(-c7ccccc7)cc6)c6ccc(-c7ccccc7)cc6)ccc5c(-c5ccccc5)c4c3)cc2)cc1. The maximum Gasteiger partial charge on any atom is 0.0468 e. The van der Waals surface area contributed by atoms with Gasteiger partial charge >= 0.3 is 0 Å². The molecule has 0 saturated carbocycles. The highest BCUT2D eigenvalue weighted by molar-refractivity contribution is 6.23. The van der Waals surface area contributed by atoms with Crippen molar-refractivity contribution in [3.8, 4) is 66.8 Å². The summed E-state index contributed by atoms with van der Waals surface area (Å²) in [5.74, 6) is 0. The van der Waals surface area contributed by atoms with Crippen molar-refractivity contribution in [2.24, 2.45) is 0 Å². The van der Waals surface area contributed by atoms with Crippen LogP contribution in [0.15, 0.2) is 328 Å². The first-order valence-corrected chi connectivity index (χ1v) is 27.5. The first-order chi connectivity index (χ1) is 39.7. The summed E-state index contributed by atoms with van der Waals surface area (Å²) in [7, 11) is 0. The summed E-state index contributed by atoms with van der Waals surface area (Å²) < 4.78 is 0. The lowest BCUT2D eigenvalue weighted by molar-refractivity contribution is 1.29. The van der Waals surface area contributed by atoms with Gasteiger partial charge in [0.25, 0.3) is 0 Å². The summed E-state index contributed by atoms with van der Waals surface area (Å²) in [5.41, 5.74) is 20.6. The Hall–Kier alpha value is -10.5. The molecule has 14 rings (SSSR count). The van der Waals surface area contributed by atoms with Crippen LogP contribution in [0.25, 0.3) is 99.1 Å². The van der Waals surface area contributed by atoms with Crippen molar-refractivity contribution in [3.63, 3.8) is 0 Å². The Kier molecular flexibility index (Phi) is 12.6. The number of rotatable bonds is 12. The lowest BCUT2D eigenvalue weighted by Gasteiger charge is -2.28. The van der Waals surface area contributed by atoms with Gasteiger partial charge in [-0.1, -0.05) is 249 Å². The molecule has 0 aliphatic heterocycles. The Bertz CT molecular complexity index is 4280. The van der Waals surface area contributed by atoms with Gasteiger partial charge in [-0.05, 0) is 178 Å². The molecule has 0 aliphatic carbocycles. The number of benzene rings is 14. The number of nitrogens with zero attached hydrogens (tertiary/aromatic N) is 2. The van der Waals surface area contributed by atoms with Crippen molar-refractivity contribution >= 4 is 66.4 Å². The van der Waals surface area contributed by atoms with E-state index in [2.05, 4.69) is 337 Å². The van der Waals surface area contributed by atoms with E-state index in [1.54, 1.807) is 0 Å². The normalized spacial score (nSPS) is 11.2. The van der Waals surface area contributed by atoms with E-state index >= 15 is 0 Å². The van der Waals surface area contributed by atoms with Gasteiger partial charge in [-0.2, -0.15) is 0 Å². The maximum absolute atomic E-state index is 2.44. The third-order valence-corrected chi connectivity index (χ3v) is 15.6. The number of fused-ring (bicyclic) bond motifs is 3. The molecule has 0 N–H and O–H groups in total. The molecule has 14 aromatic carbocycles. The molecule has 0 heterocycles. The second kappa shape index (κ2) is 21.1. The summed E-state index contributed by atoms with van der Waals surface area (Å²) in [6.45, 7) is 0. The van der Waals surface area contributed by atoms with Gasteiger partial charge in [0.1, 0.15) is 0 Å². The summed E-state index contributed by atoms with van der Waals surface area (Å²) in [6, 6.07) is 119. The van der Waals surface area contributed by atoms with Gasteiger partial charge in [0.2, 0.25) is 0 Å². The van der Waals surface area contributed by atoms with E-state index in [0.29, 0.717) is 0 Å². The van der Waals surface area contributed by atoms with Gasteiger partial charge in [0, 0.05) is 34.1 Å². The molecule has 0 atom stereocenters. The van der Waals surface area contributed by atoms with E-state index in [4.69, 9.17) is 0 Å². The van der Waals surface area contributed by atoms with Crippen LogP contribution in [0.3, 0.4) is 0 Å². The second-order valence-corrected chi connectivity index (χ2v) is 20.5. The quantitative estimate of drug-likeness (QED) is 0.113. The zero-order valence-corrected chi connectivity index (χ0v) is 44.1. The molecule has 0 bridgehead atoms. The van der Waals surface area contributed by atoms with Crippen LogP contribution >= 0.6 is 0 Å². The average Bonchev–Trinajstić information content (AvgIpc) is 3.68. The van der Waals surface area contributed by atoms with Crippen molar-refractivity contribution in [2.75, 3.05) is 9.80 Å². The predicted octanol–water partition coefficient (Wildman–Crippen LogP) is 22.1. The minimum Gasteiger partial charge on any atom is -0.310 e. The third-order valence-electron chi connectivity index (χ3n) is 15.6. The summed E-state index contributed by atoms with van der Waals surface area (Å²) >= 11 is 0. The van der Waals surface area contributed by atoms with Gasteiger partial charge in [-0.3, -0.25) is 0 Å². The first kappa shape index (κ1) is 47.9. The van der Waals surface area contributed by atoms with Gasteiger partial charge in [0.05, 0.1) is 0 Å². The van der Waals surface area contributed by atoms with Crippen LogP contribution < -0.4 is 9.80 Å². The van der Waals surface area contributed by atoms with E-state index in [9.17, 15) is 0 Å². The molecule has 2 nitrogen and oxygen atoms in total. The fourth-order valence-corrected chi connectivity index (χ4v) is 11.7. The van der Waals surface area contributed by atoms with Gasteiger partial charge < -0.3 is 9.80 Å². The van der Waals surface area contributed by atoms with Crippen molar-refractivity contribution in [1.29, 1.82) is 0 Å². The Labute approximate surface area is 468 Å². The minimum atomic E-state index is 1.07. The van der Waals surface area contributed by atoms with Crippen LogP contribution in [-0.2, 0) is 0 Å². The van der Waals surface area contributed by atoms with Crippen molar-refractivity contribution in [2.45, 2.75) is 0 Å². The van der Waals surface area contributed by atoms with Crippen LogP contribution in [-0.4, -0.2) is 0 Å². The van der Waals surface area contributed by atoms with Crippen LogP contribution in [0.2, 0.25) is 0 Å². The molecular weight excluding hydrogens is 965 g/mol. The smallest absolute Gasteiger partial charge is 0.0468 e. The Balaban J connectivity index is 1.00. The van der Waals surface area contributed by atoms with Crippen LogP contribution in [0, 0.1) is 0 Å². The molecule has 0 saturated heterocycles. The van der Waals surface area contributed by atoms with E-state index in [-0.39, 0.29) is 0 Å². The highest BCUT2D eigenvalue weighted by atomic mass is 15.1. The van der Waals surface area contributed by atoms with Gasteiger partial charge in [0.15, 0.2) is 0 Å². The Morgan fingerprint density at radius 2 is 0.412 bits per heavy atom. The van der Waals surface area contributed by atoms with E-state index in [1.807, 2.05) is 0 Å². The zero-order chi connectivity index (χ0) is 53.2. The molecule has 0 fully saturated rings. The molecule has 0 unspecified atom stereocenters. The molecule has 0 radical (unpaired) electrons. The van der Waals surface area contributed by atoms with E-state index in [0.717, 1.165) is 39.7 Å². The predicted molar refractivity (Wildman–Crippen MR) is 341 cm³/mol. The summed E-state index contributed by atoms with van der Waals surface area (Å²) in [5, 5.41) is 7.12. The summed E-state index contributed by atoms with van der Waals surface area (Å²) in [4.78, 5) is 4.82. The largest absolute Gasteiger partial charge is 0.310 e.